The molecule has 36 heavy (non-hydrogen) atoms. The minimum Gasteiger partial charge on any atom is -0.494 e. The molecule has 0 aliphatic heterocycles. The van der Waals surface area contributed by atoms with Gasteiger partial charge < -0.3 is 10.1 Å². The van der Waals surface area contributed by atoms with Crippen LogP contribution in [0.5, 0.6) is 5.75 Å². The summed E-state index contributed by atoms with van der Waals surface area (Å²) in [6.45, 7) is 3.69. The smallest absolute Gasteiger partial charge is 0.243 e. The van der Waals surface area contributed by atoms with E-state index in [9.17, 15) is 21.6 Å². The van der Waals surface area contributed by atoms with Gasteiger partial charge in [-0.2, -0.15) is 4.31 Å². The van der Waals surface area contributed by atoms with Gasteiger partial charge in [0.05, 0.1) is 22.9 Å². The van der Waals surface area contributed by atoms with E-state index in [2.05, 4.69) is 5.32 Å². The molecule has 1 saturated carbocycles. The maximum atomic E-state index is 13.6. The number of rotatable bonds is 10. The van der Waals surface area contributed by atoms with E-state index in [1.54, 1.807) is 25.1 Å². The summed E-state index contributed by atoms with van der Waals surface area (Å²) in [4.78, 5) is 13.3. The Morgan fingerprint density at radius 3 is 2.14 bits per heavy atom. The molecule has 2 aromatic carbocycles. The zero-order chi connectivity index (χ0) is 26.5. The van der Waals surface area contributed by atoms with Crippen LogP contribution in [-0.2, 0) is 24.8 Å². The van der Waals surface area contributed by atoms with E-state index >= 15 is 0 Å². The van der Waals surface area contributed by atoms with Crippen LogP contribution < -0.4 is 10.1 Å². The number of carbonyl (C=O) groups is 1. The molecule has 0 atom stereocenters. The molecule has 0 spiro atoms. The Kier molecular flexibility index (Phi) is 9.15. The lowest BCUT2D eigenvalue weighted by Crippen LogP contribution is -2.45. The number of benzene rings is 2. The fourth-order valence-electron chi connectivity index (χ4n) is 4.23. The molecule has 0 unspecified atom stereocenters. The van der Waals surface area contributed by atoms with Crippen molar-refractivity contribution in [2.75, 3.05) is 32.6 Å². The number of nitrogens with one attached hydrogen (secondary N) is 1. The number of amides is 1. The topological polar surface area (TPSA) is 113 Å². The van der Waals surface area contributed by atoms with Gasteiger partial charge in [-0.25, -0.2) is 21.1 Å². The summed E-state index contributed by atoms with van der Waals surface area (Å²) in [5.74, 6) is 0.0408. The number of sulfonamides is 2. The average Bonchev–Trinajstić information content (AvgIpc) is 2.84. The third kappa shape index (κ3) is 6.44. The number of hydrogen-bond donors (Lipinski definition) is 1. The lowest BCUT2D eigenvalue weighted by atomic mass is 9.95. The summed E-state index contributed by atoms with van der Waals surface area (Å²) in [5, 5.41) is 2.73. The van der Waals surface area contributed by atoms with E-state index in [4.69, 9.17) is 4.74 Å². The first-order chi connectivity index (χ1) is 17.0. The highest BCUT2D eigenvalue weighted by Crippen LogP contribution is 2.29. The SMILES string of the molecule is CCOc1ccc(S(=O)(=O)N(CC(=O)Nc2cc(S(=O)(=O)N(C)C)ccc2C)C2CCCCC2)cc1. The van der Waals surface area contributed by atoms with Gasteiger partial charge in [0, 0.05) is 25.8 Å². The van der Waals surface area contributed by atoms with Crippen LogP contribution in [0.3, 0.4) is 0 Å². The number of aryl methyl sites for hydroxylation is 1. The van der Waals surface area contributed by atoms with Crippen molar-refractivity contribution in [3.63, 3.8) is 0 Å². The van der Waals surface area contributed by atoms with E-state index in [1.807, 2.05) is 6.92 Å². The quantitative estimate of drug-likeness (QED) is 0.495. The molecule has 2 aromatic rings. The maximum Gasteiger partial charge on any atom is 0.243 e. The molecule has 0 radical (unpaired) electrons. The van der Waals surface area contributed by atoms with Gasteiger partial charge >= 0.3 is 0 Å². The summed E-state index contributed by atoms with van der Waals surface area (Å²) < 4.78 is 60.1. The number of carbonyl (C=O) groups excluding carboxylic acids is 1. The predicted octanol–water partition coefficient (Wildman–Crippen LogP) is 3.61. The number of nitrogens with zero attached hydrogens (tertiary/aromatic N) is 2. The Bertz CT molecular complexity index is 1270. The molecule has 9 nitrogen and oxygen atoms in total. The number of anilines is 1. The van der Waals surface area contributed by atoms with E-state index in [0.29, 0.717) is 36.4 Å². The second-order valence-electron chi connectivity index (χ2n) is 9.06. The fourth-order valence-corrected chi connectivity index (χ4v) is 6.80. The van der Waals surface area contributed by atoms with Crippen molar-refractivity contribution in [3.05, 3.63) is 48.0 Å². The highest BCUT2D eigenvalue weighted by Gasteiger charge is 2.34. The maximum absolute atomic E-state index is 13.6. The van der Waals surface area contributed by atoms with Crippen molar-refractivity contribution in [1.82, 2.24) is 8.61 Å². The molecule has 1 aliphatic carbocycles. The van der Waals surface area contributed by atoms with Gasteiger partial charge in [0.25, 0.3) is 0 Å². The third-order valence-electron chi connectivity index (χ3n) is 6.28. The fraction of sp³-hybridized carbons (Fsp3) is 0.480. The van der Waals surface area contributed by atoms with Crippen molar-refractivity contribution >= 4 is 31.6 Å². The molecule has 0 saturated heterocycles. The van der Waals surface area contributed by atoms with Gasteiger partial charge in [-0.05, 0) is 68.7 Å². The zero-order valence-corrected chi connectivity index (χ0v) is 22.9. The molecule has 3 rings (SSSR count). The van der Waals surface area contributed by atoms with Gasteiger partial charge in [-0.1, -0.05) is 25.3 Å². The van der Waals surface area contributed by atoms with Crippen LogP contribution in [0.4, 0.5) is 5.69 Å². The minimum absolute atomic E-state index is 0.0412. The van der Waals surface area contributed by atoms with Crippen LogP contribution in [0, 0.1) is 6.92 Å². The largest absolute Gasteiger partial charge is 0.494 e. The van der Waals surface area contributed by atoms with E-state index in [0.717, 1.165) is 23.6 Å². The Labute approximate surface area is 214 Å². The van der Waals surface area contributed by atoms with Crippen molar-refractivity contribution in [1.29, 1.82) is 0 Å². The lowest BCUT2D eigenvalue weighted by molar-refractivity contribution is -0.116. The zero-order valence-electron chi connectivity index (χ0n) is 21.2. The number of hydrogen-bond acceptors (Lipinski definition) is 6. The molecule has 0 heterocycles. The summed E-state index contributed by atoms with van der Waals surface area (Å²) in [6, 6.07) is 10.4. The first kappa shape index (κ1) is 28.1. The number of ether oxygens (including phenoxy) is 1. The second kappa shape index (κ2) is 11.7. The van der Waals surface area contributed by atoms with Gasteiger partial charge in [0.1, 0.15) is 5.75 Å². The van der Waals surface area contributed by atoms with Gasteiger partial charge in [0.2, 0.25) is 26.0 Å². The van der Waals surface area contributed by atoms with E-state index in [1.165, 1.54) is 42.7 Å². The minimum atomic E-state index is -3.96. The molecule has 0 bridgehead atoms. The standard InChI is InChI=1S/C25H35N3O6S2/c1-5-34-21-12-15-22(16-13-21)36(32,33)28(20-9-7-6-8-10-20)18-25(29)26-24-17-23(14-11-19(24)2)35(30,31)27(3)4/h11-17,20H,5-10,18H2,1-4H3,(H,26,29). The Morgan fingerprint density at radius 2 is 1.56 bits per heavy atom. The molecule has 1 fully saturated rings. The van der Waals surface area contributed by atoms with Crippen LogP contribution in [0.25, 0.3) is 0 Å². The van der Waals surface area contributed by atoms with Crippen molar-refractivity contribution in [3.8, 4) is 5.75 Å². The van der Waals surface area contributed by atoms with E-state index in [-0.39, 0.29) is 22.4 Å². The molecular formula is C25H35N3O6S2. The van der Waals surface area contributed by atoms with Crippen LogP contribution >= 0.6 is 0 Å². The molecule has 1 aliphatic rings. The highest BCUT2D eigenvalue weighted by molar-refractivity contribution is 7.89. The predicted molar refractivity (Wildman–Crippen MR) is 139 cm³/mol. The summed E-state index contributed by atoms with van der Waals surface area (Å²) in [6.07, 6.45) is 4.18. The van der Waals surface area contributed by atoms with E-state index < -0.39 is 26.0 Å². The first-order valence-corrected chi connectivity index (χ1v) is 14.9. The monoisotopic (exact) mass is 537 g/mol. The van der Waals surface area contributed by atoms with Gasteiger partial charge in [0.15, 0.2) is 0 Å². The third-order valence-corrected chi connectivity index (χ3v) is 10.0. The van der Waals surface area contributed by atoms with Crippen molar-refractivity contribution in [2.45, 2.75) is 61.8 Å². The Morgan fingerprint density at radius 1 is 0.944 bits per heavy atom. The molecule has 1 N–H and O–H groups in total. The summed E-state index contributed by atoms with van der Waals surface area (Å²) >= 11 is 0. The average molecular weight is 538 g/mol. The van der Waals surface area contributed by atoms with Crippen molar-refractivity contribution in [2.24, 2.45) is 0 Å². The van der Waals surface area contributed by atoms with Crippen LogP contribution in [0.2, 0.25) is 0 Å². The molecule has 11 heteroatoms. The summed E-state index contributed by atoms with van der Waals surface area (Å²) in [5.41, 5.74) is 0.990. The first-order valence-electron chi connectivity index (χ1n) is 12.0. The van der Waals surface area contributed by atoms with Crippen LogP contribution in [0.1, 0.15) is 44.6 Å². The molecule has 1 amide bonds. The molecule has 0 aromatic heterocycles. The second-order valence-corrected chi connectivity index (χ2v) is 13.1. The van der Waals surface area contributed by atoms with Crippen molar-refractivity contribution < 1.29 is 26.4 Å². The summed E-state index contributed by atoms with van der Waals surface area (Å²) in [7, 11) is -4.79. The van der Waals surface area contributed by atoms with Crippen LogP contribution in [0.15, 0.2) is 52.3 Å². The lowest BCUT2D eigenvalue weighted by Gasteiger charge is -2.33. The van der Waals surface area contributed by atoms with Crippen LogP contribution in [-0.4, -0.2) is 64.6 Å². The normalized spacial score (nSPS) is 15.3. The highest BCUT2D eigenvalue weighted by atomic mass is 32.2. The molecule has 198 valence electrons. The Hall–Kier alpha value is -2.47. The Balaban J connectivity index is 1.88. The molecular weight excluding hydrogens is 502 g/mol. The van der Waals surface area contributed by atoms with Gasteiger partial charge in [-0.15, -0.1) is 0 Å². The van der Waals surface area contributed by atoms with Gasteiger partial charge in [-0.3, -0.25) is 4.79 Å².